The van der Waals surface area contributed by atoms with Crippen LogP contribution in [0.5, 0.6) is 0 Å². The van der Waals surface area contributed by atoms with Crippen molar-refractivity contribution in [3.63, 3.8) is 0 Å². The fraction of sp³-hybridized carbons (Fsp3) is 0.261. The van der Waals surface area contributed by atoms with E-state index in [0.29, 0.717) is 16.4 Å². The van der Waals surface area contributed by atoms with Gasteiger partial charge in [0, 0.05) is 30.2 Å². The van der Waals surface area contributed by atoms with Gasteiger partial charge in [0.05, 0.1) is 0 Å². The molecule has 0 amide bonds. The minimum Gasteiger partial charge on any atom is -0.369 e. The first kappa shape index (κ1) is 20.3. The Hall–Kier alpha value is -2.96. The van der Waals surface area contributed by atoms with E-state index in [-0.39, 0.29) is 0 Å². The molecular formula is C23H24ClN5O. The maximum absolute atomic E-state index is 6.01. The molecule has 2 aromatic heterocycles. The summed E-state index contributed by atoms with van der Waals surface area (Å²) in [5, 5.41) is 9.10. The van der Waals surface area contributed by atoms with Gasteiger partial charge in [-0.2, -0.15) is 4.98 Å². The Labute approximate surface area is 180 Å². The van der Waals surface area contributed by atoms with Gasteiger partial charge < -0.3 is 9.84 Å². The van der Waals surface area contributed by atoms with E-state index in [1.54, 1.807) is 0 Å². The maximum atomic E-state index is 6.01. The van der Waals surface area contributed by atoms with Gasteiger partial charge >= 0.3 is 0 Å². The number of benzene rings is 2. The first-order chi connectivity index (χ1) is 14.7. The van der Waals surface area contributed by atoms with Crippen LogP contribution in [0.15, 0.2) is 65.4 Å². The molecule has 0 saturated heterocycles. The zero-order chi connectivity index (χ0) is 20.8. The van der Waals surface area contributed by atoms with Gasteiger partial charge in [0.2, 0.25) is 0 Å². The number of fused-ring (bicyclic) bond motifs is 1. The second kappa shape index (κ2) is 9.69. The Balaban J connectivity index is 1.41. The van der Waals surface area contributed by atoms with Crippen LogP contribution in [-0.2, 0) is 6.54 Å². The van der Waals surface area contributed by atoms with E-state index >= 15 is 0 Å². The molecule has 0 fully saturated rings. The average molecular weight is 422 g/mol. The highest BCUT2D eigenvalue weighted by Gasteiger charge is 2.16. The van der Waals surface area contributed by atoms with Crippen molar-refractivity contribution in [2.45, 2.75) is 19.9 Å². The first-order valence-electron chi connectivity index (χ1n) is 10.1. The van der Waals surface area contributed by atoms with E-state index in [2.05, 4.69) is 62.6 Å². The Kier molecular flexibility index (Phi) is 6.57. The highest BCUT2D eigenvalue weighted by molar-refractivity contribution is 6.30. The monoisotopic (exact) mass is 421 g/mol. The summed E-state index contributed by atoms with van der Waals surface area (Å²) in [5.74, 6) is 0.734. The Morgan fingerprint density at radius 3 is 2.60 bits per heavy atom. The summed E-state index contributed by atoms with van der Waals surface area (Å²) in [4.78, 5) is 11.1. The largest absolute Gasteiger partial charge is 0.369 e. The molecule has 0 aliphatic carbocycles. The summed E-state index contributed by atoms with van der Waals surface area (Å²) in [6, 6.07) is 18.1. The number of aromatic nitrogens is 3. The summed E-state index contributed by atoms with van der Waals surface area (Å²) in [6.45, 7) is 5.96. The van der Waals surface area contributed by atoms with E-state index in [1.165, 1.54) is 11.9 Å². The lowest BCUT2D eigenvalue weighted by atomic mass is 10.1. The van der Waals surface area contributed by atoms with Crippen molar-refractivity contribution in [2.24, 2.45) is 0 Å². The van der Waals surface area contributed by atoms with E-state index in [4.69, 9.17) is 16.1 Å². The molecule has 2 heterocycles. The standard InChI is InChI=1S/C23H24ClN5O/c1-2-29(15-17-7-4-3-5-8-17)14-6-13-25-22-20-21(18-9-11-19(24)12-10-18)28-30-23(20)27-16-26-22/h3-5,7-12,16H,2,6,13-15H2,1H3,(H,25,26,27). The highest BCUT2D eigenvalue weighted by Crippen LogP contribution is 2.31. The lowest BCUT2D eigenvalue weighted by molar-refractivity contribution is 0.279. The van der Waals surface area contributed by atoms with Crippen LogP contribution in [0.4, 0.5) is 5.82 Å². The molecule has 0 atom stereocenters. The minimum atomic E-state index is 0.469. The summed E-state index contributed by atoms with van der Waals surface area (Å²) >= 11 is 6.01. The summed E-state index contributed by atoms with van der Waals surface area (Å²) in [6.07, 6.45) is 2.49. The zero-order valence-electron chi connectivity index (χ0n) is 16.9. The summed E-state index contributed by atoms with van der Waals surface area (Å²) in [5.41, 5.74) is 3.43. The van der Waals surface area contributed by atoms with Crippen molar-refractivity contribution in [3.05, 3.63) is 71.5 Å². The van der Waals surface area contributed by atoms with Crippen molar-refractivity contribution >= 4 is 28.5 Å². The predicted octanol–water partition coefficient (Wildman–Crippen LogP) is 5.26. The SMILES string of the molecule is CCN(CCCNc1ncnc2onc(-c3ccc(Cl)cc3)c12)Cc1ccccc1. The van der Waals surface area contributed by atoms with Crippen molar-refractivity contribution in [2.75, 3.05) is 25.0 Å². The van der Waals surface area contributed by atoms with Crippen molar-refractivity contribution in [3.8, 4) is 11.3 Å². The fourth-order valence-corrected chi connectivity index (χ4v) is 3.55. The molecule has 4 rings (SSSR count). The number of hydrogen-bond acceptors (Lipinski definition) is 6. The van der Waals surface area contributed by atoms with Gasteiger partial charge in [-0.05, 0) is 30.7 Å². The molecule has 1 N–H and O–H groups in total. The number of anilines is 1. The Morgan fingerprint density at radius 2 is 1.83 bits per heavy atom. The van der Waals surface area contributed by atoms with Crippen LogP contribution >= 0.6 is 11.6 Å². The molecule has 154 valence electrons. The zero-order valence-corrected chi connectivity index (χ0v) is 17.6. The van der Waals surface area contributed by atoms with Crippen LogP contribution in [0.25, 0.3) is 22.4 Å². The predicted molar refractivity (Wildman–Crippen MR) is 121 cm³/mol. The maximum Gasteiger partial charge on any atom is 0.263 e. The molecule has 0 bridgehead atoms. The molecule has 0 unspecified atom stereocenters. The van der Waals surface area contributed by atoms with Gasteiger partial charge in [0.1, 0.15) is 23.2 Å². The molecular weight excluding hydrogens is 398 g/mol. The van der Waals surface area contributed by atoms with Gasteiger partial charge in [0.15, 0.2) is 0 Å². The van der Waals surface area contributed by atoms with Crippen LogP contribution in [0.2, 0.25) is 5.02 Å². The molecule has 7 heteroatoms. The third-order valence-electron chi connectivity index (χ3n) is 5.03. The molecule has 4 aromatic rings. The number of nitrogens with zero attached hydrogens (tertiary/aromatic N) is 4. The Morgan fingerprint density at radius 1 is 1.03 bits per heavy atom. The van der Waals surface area contributed by atoms with E-state index in [1.807, 2.05) is 24.3 Å². The normalized spacial score (nSPS) is 11.3. The molecule has 0 saturated carbocycles. The minimum absolute atomic E-state index is 0.469. The third-order valence-corrected chi connectivity index (χ3v) is 5.28. The second-order valence-corrected chi connectivity index (χ2v) is 7.51. The number of halogens is 1. The quantitative estimate of drug-likeness (QED) is 0.372. The van der Waals surface area contributed by atoms with E-state index in [0.717, 1.165) is 49.4 Å². The first-order valence-corrected chi connectivity index (χ1v) is 10.5. The summed E-state index contributed by atoms with van der Waals surface area (Å²) < 4.78 is 5.42. The van der Waals surface area contributed by atoms with Gasteiger partial charge in [-0.3, -0.25) is 4.90 Å². The lowest BCUT2D eigenvalue weighted by Gasteiger charge is -2.20. The van der Waals surface area contributed by atoms with E-state index in [9.17, 15) is 0 Å². The van der Waals surface area contributed by atoms with Crippen LogP contribution in [0.1, 0.15) is 18.9 Å². The molecule has 0 radical (unpaired) electrons. The third kappa shape index (κ3) is 4.78. The van der Waals surface area contributed by atoms with E-state index < -0.39 is 0 Å². The van der Waals surface area contributed by atoms with Crippen molar-refractivity contribution in [1.29, 1.82) is 0 Å². The van der Waals surface area contributed by atoms with Crippen LogP contribution in [-0.4, -0.2) is 39.7 Å². The smallest absolute Gasteiger partial charge is 0.263 e. The van der Waals surface area contributed by atoms with Gasteiger partial charge in [0.25, 0.3) is 5.71 Å². The second-order valence-electron chi connectivity index (χ2n) is 7.08. The topological polar surface area (TPSA) is 67.1 Å². The summed E-state index contributed by atoms with van der Waals surface area (Å²) in [7, 11) is 0. The van der Waals surface area contributed by atoms with Gasteiger partial charge in [-0.1, -0.05) is 66.1 Å². The Bertz CT molecular complexity index is 1080. The molecule has 0 aliphatic heterocycles. The van der Waals surface area contributed by atoms with Gasteiger partial charge in [-0.25, -0.2) is 4.98 Å². The van der Waals surface area contributed by atoms with Gasteiger partial charge in [-0.15, -0.1) is 0 Å². The van der Waals surface area contributed by atoms with Crippen LogP contribution in [0, 0.1) is 0 Å². The number of rotatable bonds is 9. The fourth-order valence-electron chi connectivity index (χ4n) is 3.43. The van der Waals surface area contributed by atoms with Crippen molar-refractivity contribution in [1.82, 2.24) is 20.0 Å². The lowest BCUT2D eigenvalue weighted by Crippen LogP contribution is -2.25. The van der Waals surface area contributed by atoms with Crippen LogP contribution in [0.3, 0.4) is 0 Å². The number of hydrogen-bond donors (Lipinski definition) is 1. The molecule has 0 spiro atoms. The highest BCUT2D eigenvalue weighted by atomic mass is 35.5. The molecule has 0 aliphatic rings. The number of nitrogens with one attached hydrogen (secondary N) is 1. The average Bonchev–Trinajstić information content (AvgIpc) is 3.22. The molecule has 30 heavy (non-hydrogen) atoms. The molecule has 2 aromatic carbocycles. The van der Waals surface area contributed by atoms with Crippen LogP contribution < -0.4 is 5.32 Å². The van der Waals surface area contributed by atoms with Crippen molar-refractivity contribution < 1.29 is 4.52 Å². The molecule has 6 nitrogen and oxygen atoms in total.